The molecule has 0 aromatic rings. The van der Waals surface area contributed by atoms with E-state index in [1.54, 1.807) is 34.7 Å². The van der Waals surface area contributed by atoms with E-state index in [2.05, 4.69) is 10.1 Å². The predicted molar refractivity (Wildman–Crippen MR) is 80.1 cm³/mol. The molecule has 0 aliphatic carbocycles. The minimum atomic E-state index is -0.674. The smallest absolute Gasteiger partial charge is 0.410 e. The first-order chi connectivity index (χ1) is 10.1. The van der Waals surface area contributed by atoms with Gasteiger partial charge >= 0.3 is 12.1 Å². The lowest BCUT2D eigenvalue weighted by atomic mass is 9.90. The van der Waals surface area contributed by atoms with Crippen molar-refractivity contribution >= 4 is 17.8 Å². The van der Waals surface area contributed by atoms with E-state index in [0.29, 0.717) is 5.70 Å². The first-order valence-electron chi connectivity index (χ1n) is 7.09. The van der Waals surface area contributed by atoms with Crippen LogP contribution in [0.1, 0.15) is 27.7 Å². The summed E-state index contributed by atoms with van der Waals surface area (Å²) < 4.78 is 9.88. The van der Waals surface area contributed by atoms with Crippen LogP contribution in [0, 0.1) is 5.92 Å². The van der Waals surface area contributed by atoms with E-state index in [4.69, 9.17) is 4.74 Å². The van der Waals surface area contributed by atoms with E-state index in [1.165, 1.54) is 12.0 Å². The van der Waals surface area contributed by atoms with E-state index in [9.17, 15) is 14.4 Å². The van der Waals surface area contributed by atoms with E-state index in [0.717, 1.165) is 0 Å². The average Bonchev–Trinajstić information content (AvgIpc) is 2.34. The van der Waals surface area contributed by atoms with Crippen LogP contribution in [0.2, 0.25) is 0 Å². The number of allylic oxidation sites excluding steroid dienone is 1. The molecule has 124 valence electrons. The summed E-state index contributed by atoms with van der Waals surface area (Å²) in [5, 5.41) is 2.78. The zero-order valence-electron chi connectivity index (χ0n) is 14.0. The molecule has 0 bridgehead atoms. The Labute approximate surface area is 130 Å². The van der Waals surface area contributed by atoms with Crippen molar-refractivity contribution < 1.29 is 23.9 Å². The minimum absolute atomic E-state index is 0.00108. The van der Waals surface area contributed by atoms with Crippen molar-refractivity contribution in [3.63, 3.8) is 0 Å². The number of nitrogens with zero attached hydrogens (tertiary/aromatic N) is 1. The normalized spacial score (nSPS) is 16.4. The molecule has 0 saturated carbocycles. The number of ether oxygens (including phenoxy) is 2. The molecule has 1 fully saturated rings. The number of hydrogen-bond donors (Lipinski definition) is 1. The summed E-state index contributed by atoms with van der Waals surface area (Å²) in [5.41, 5.74) is -0.127. The predicted octanol–water partition coefficient (Wildman–Crippen LogP) is 1.09. The second-order valence-corrected chi connectivity index (χ2v) is 6.19. The zero-order chi connectivity index (χ0) is 17.1. The second kappa shape index (κ2) is 6.81. The lowest BCUT2D eigenvalue weighted by Crippen LogP contribution is -2.55. The Hall–Kier alpha value is -2.05. The Morgan fingerprint density at radius 1 is 1.18 bits per heavy atom. The van der Waals surface area contributed by atoms with Gasteiger partial charge in [-0.05, 0) is 27.7 Å². The molecule has 0 spiro atoms. The van der Waals surface area contributed by atoms with Crippen LogP contribution in [0.3, 0.4) is 0 Å². The van der Waals surface area contributed by atoms with Gasteiger partial charge in [0, 0.05) is 25.8 Å². The molecule has 1 N–H and O–H groups in total. The van der Waals surface area contributed by atoms with Crippen molar-refractivity contribution in [2.75, 3.05) is 27.2 Å². The van der Waals surface area contributed by atoms with Crippen molar-refractivity contribution in [3.05, 3.63) is 11.3 Å². The number of amides is 1. The number of hydrogen-bond acceptors (Lipinski definition) is 6. The van der Waals surface area contributed by atoms with E-state index in [1.807, 2.05) is 0 Å². The van der Waals surface area contributed by atoms with Crippen LogP contribution in [-0.4, -0.2) is 55.6 Å². The fourth-order valence-corrected chi connectivity index (χ4v) is 1.99. The zero-order valence-corrected chi connectivity index (χ0v) is 14.0. The Bertz CT molecular complexity index is 499. The molecule has 7 nitrogen and oxygen atoms in total. The van der Waals surface area contributed by atoms with Gasteiger partial charge in [-0.2, -0.15) is 0 Å². The Balaban J connectivity index is 2.71. The van der Waals surface area contributed by atoms with Gasteiger partial charge in [0.05, 0.1) is 13.0 Å². The number of Topliss-reactive ketones (excluding diaryl/α,β-unsaturated/α-hetero) is 1. The van der Waals surface area contributed by atoms with Gasteiger partial charge in [-0.3, -0.25) is 4.79 Å². The van der Waals surface area contributed by atoms with Crippen molar-refractivity contribution in [2.24, 2.45) is 5.92 Å². The SMILES string of the molecule is CN/C(C)=C(/C(=O)OC)C(=O)C1CN(C(=O)OC(C)(C)C)C1. The van der Waals surface area contributed by atoms with Crippen LogP contribution < -0.4 is 5.32 Å². The molecule has 1 heterocycles. The molecule has 0 atom stereocenters. The molecule has 0 aromatic carbocycles. The van der Waals surface area contributed by atoms with Crippen molar-refractivity contribution in [3.8, 4) is 0 Å². The summed E-state index contributed by atoms with van der Waals surface area (Å²) in [6.45, 7) is 7.45. The lowest BCUT2D eigenvalue weighted by Gasteiger charge is -2.39. The van der Waals surface area contributed by atoms with Crippen LogP contribution in [0.4, 0.5) is 4.79 Å². The molecule has 1 saturated heterocycles. The van der Waals surface area contributed by atoms with E-state index >= 15 is 0 Å². The highest BCUT2D eigenvalue weighted by molar-refractivity contribution is 6.19. The van der Waals surface area contributed by atoms with Gasteiger partial charge in [-0.25, -0.2) is 9.59 Å². The highest BCUT2D eigenvalue weighted by Gasteiger charge is 2.40. The third-order valence-electron chi connectivity index (χ3n) is 3.29. The topological polar surface area (TPSA) is 84.9 Å². The fourth-order valence-electron chi connectivity index (χ4n) is 1.99. The summed E-state index contributed by atoms with van der Waals surface area (Å²) in [7, 11) is 2.85. The molecule has 0 unspecified atom stereocenters. The minimum Gasteiger partial charge on any atom is -0.465 e. The maximum absolute atomic E-state index is 12.4. The summed E-state index contributed by atoms with van der Waals surface area (Å²) in [6.07, 6.45) is -0.453. The molecule has 1 rings (SSSR count). The summed E-state index contributed by atoms with van der Waals surface area (Å²) in [4.78, 5) is 37.4. The fraction of sp³-hybridized carbons (Fsp3) is 0.667. The number of likely N-dealkylation sites (tertiary alicyclic amines) is 1. The molecule has 0 radical (unpaired) electrons. The third kappa shape index (κ3) is 4.22. The number of rotatable bonds is 4. The van der Waals surface area contributed by atoms with E-state index < -0.39 is 23.6 Å². The van der Waals surface area contributed by atoms with Gasteiger partial charge in [0.25, 0.3) is 0 Å². The molecule has 1 aliphatic rings. The molecule has 1 amide bonds. The monoisotopic (exact) mass is 312 g/mol. The van der Waals surface area contributed by atoms with Crippen molar-refractivity contribution in [1.82, 2.24) is 10.2 Å². The van der Waals surface area contributed by atoms with Gasteiger partial charge in [0.2, 0.25) is 0 Å². The summed E-state index contributed by atoms with van der Waals surface area (Å²) in [6, 6.07) is 0. The highest BCUT2D eigenvalue weighted by Crippen LogP contribution is 2.24. The summed E-state index contributed by atoms with van der Waals surface area (Å²) >= 11 is 0. The number of nitrogens with one attached hydrogen (secondary N) is 1. The maximum atomic E-state index is 12.4. The molecule has 1 aliphatic heterocycles. The maximum Gasteiger partial charge on any atom is 0.410 e. The van der Waals surface area contributed by atoms with Crippen molar-refractivity contribution in [1.29, 1.82) is 0 Å². The number of ketones is 1. The van der Waals surface area contributed by atoms with Crippen LogP contribution in [0.15, 0.2) is 11.3 Å². The number of carbonyl (C=O) groups is 3. The van der Waals surface area contributed by atoms with Gasteiger partial charge < -0.3 is 19.7 Å². The van der Waals surface area contributed by atoms with Gasteiger partial charge in [0.15, 0.2) is 5.78 Å². The molecular weight excluding hydrogens is 288 g/mol. The van der Waals surface area contributed by atoms with Crippen LogP contribution >= 0.6 is 0 Å². The van der Waals surface area contributed by atoms with Gasteiger partial charge in [-0.1, -0.05) is 0 Å². The molecular formula is C15H24N2O5. The number of esters is 1. The molecule has 22 heavy (non-hydrogen) atoms. The number of methoxy groups -OCH3 is 1. The largest absolute Gasteiger partial charge is 0.465 e. The highest BCUT2D eigenvalue weighted by atomic mass is 16.6. The van der Waals surface area contributed by atoms with Gasteiger partial charge in [0.1, 0.15) is 11.2 Å². The van der Waals surface area contributed by atoms with Crippen molar-refractivity contribution in [2.45, 2.75) is 33.3 Å². The molecule has 0 aromatic heterocycles. The number of carbonyl (C=O) groups excluding carboxylic acids is 3. The standard InChI is InChI=1S/C15H24N2O5/c1-9(16-5)11(13(19)21-6)12(18)10-7-17(8-10)14(20)22-15(2,3)4/h10,16H,7-8H2,1-6H3/b11-9+. The second-order valence-electron chi connectivity index (χ2n) is 6.19. The lowest BCUT2D eigenvalue weighted by molar-refractivity contribution is -0.139. The Kier molecular flexibility index (Phi) is 5.57. The van der Waals surface area contributed by atoms with Gasteiger partial charge in [-0.15, -0.1) is 0 Å². The average molecular weight is 312 g/mol. The third-order valence-corrected chi connectivity index (χ3v) is 3.29. The Morgan fingerprint density at radius 2 is 1.73 bits per heavy atom. The quantitative estimate of drug-likeness (QED) is 0.362. The Morgan fingerprint density at radius 3 is 2.14 bits per heavy atom. The molecule has 7 heteroatoms. The summed E-state index contributed by atoms with van der Waals surface area (Å²) in [5.74, 6) is -1.41. The first-order valence-corrected chi connectivity index (χ1v) is 7.09. The van der Waals surface area contributed by atoms with Crippen LogP contribution in [0.5, 0.6) is 0 Å². The first kappa shape index (κ1) is 18.0. The van der Waals surface area contributed by atoms with Crippen LogP contribution in [0.25, 0.3) is 0 Å². The van der Waals surface area contributed by atoms with Crippen LogP contribution in [-0.2, 0) is 19.1 Å². The van der Waals surface area contributed by atoms with E-state index in [-0.39, 0.29) is 24.4 Å².